The maximum atomic E-state index is 11.6. The van der Waals surface area contributed by atoms with Crippen LogP contribution >= 0.6 is 0 Å². The molecule has 1 aromatic rings. The number of ether oxygens (including phenoxy) is 3. The van der Waals surface area contributed by atoms with E-state index in [-0.39, 0.29) is 31.3 Å². The second kappa shape index (κ2) is 6.72. The zero-order valence-corrected chi connectivity index (χ0v) is 10.1. The largest absolute Gasteiger partial charge is 0.464 e. The third-order valence-corrected chi connectivity index (χ3v) is 2.06. The third kappa shape index (κ3) is 3.05. The van der Waals surface area contributed by atoms with Crippen molar-refractivity contribution in [2.75, 3.05) is 27.4 Å². The van der Waals surface area contributed by atoms with Gasteiger partial charge in [0.2, 0.25) is 0 Å². The van der Waals surface area contributed by atoms with Crippen LogP contribution in [0.5, 0.6) is 0 Å². The Labute approximate surface area is 103 Å². The summed E-state index contributed by atoms with van der Waals surface area (Å²) in [4.78, 5) is 26.8. The predicted octanol–water partition coefficient (Wildman–Crippen LogP) is -0.577. The first-order chi connectivity index (χ1) is 8.65. The van der Waals surface area contributed by atoms with E-state index in [0.717, 1.165) is 0 Å². The molecular formula is C10H14N2O6. The highest BCUT2D eigenvalue weighted by Gasteiger charge is 2.25. The summed E-state index contributed by atoms with van der Waals surface area (Å²) in [6.45, 7) is -0.0759. The van der Waals surface area contributed by atoms with E-state index in [2.05, 4.69) is 14.5 Å². The number of methoxy groups -OCH3 is 2. The number of aliphatic hydroxyl groups is 1. The molecule has 0 fully saturated rings. The molecule has 0 aliphatic heterocycles. The van der Waals surface area contributed by atoms with Gasteiger partial charge in [-0.1, -0.05) is 0 Å². The number of hydrogen-bond donors (Lipinski definition) is 1. The Morgan fingerprint density at radius 3 is 2.56 bits per heavy atom. The van der Waals surface area contributed by atoms with E-state index in [4.69, 9.17) is 9.84 Å². The topological polar surface area (TPSA) is 99.9 Å². The van der Waals surface area contributed by atoms with E-state index in [1.54, 1.807) is 0 Å². The van der Waals surface area contributed by atoms with Crippen LogP contribution in [0.1, 0.15) is 21.0 Å². The molecular weight excluding hydrogens is 244 g/mol. The second-order valence-corrected chi connectivity index (χ2v) is 3.16. The molecule has 1 aromatic heterocycles. The van der Waals surface area contributed by atoms with E-state index in [1.807, 2.05) is 0 Å². The van der Waals surface area contributed by atoms with Crippen molar-refractivity contribution in [2.45, 2.75) is 6.73 Å². The van der Waals surface area contributed by atoms with Crippen molar-refractivity contribution in [1.29, 1.82) is 0 Å². The molecule has 8 heteroatoms. The van der Waals surface area contributed by atoms with Crippen molar-refractivity contribution in [3.05, 3.63) is 17.7 Å². The molecule has 0 unspecified atom stereocenters. The van der Waals surface area contributed by atoms with Gasteiger partial charge in [0, 0.05) is 0 Å². The number of rotatable bonds is 6. The van der Waals surface area contributed by atoms with Gasteiger partial charge in [-0.2, -0.15) is 0 Å². The Bertz CT molecular complexity index is 428. The molecule has 1 N–H and O–H groups in total. The highest BCUT2D eigenvalue weighted by atomic mass is 16.5. The quantitative estimate of drug-likeness (QED) is 0.538. The van der Waals surface area contributed by atoms with Crippen LogP contribution in [0, 0.1) is 0 Å². The number of imidazole rings is 1. The maximum Gasteiger partial charge on any atom is 0.359 e. The minimum Gasteiger partial charge on any atom is -0.464 e. The fourth-order valence-electron chi connectivity index (χ4n) is 1.26. The van der Waals surface area contributed by atoms with Crippen molar-refractivity contribution in [3.8, 4) is 0 Å². The molecule has 0 aliphatic rings. The number of esters is 2. The summed E-state index contributed by atoms with van der Waals surface area (Å²) >= 11 is 0. The van der Waals surface area contributed by atoms with Crippen molar-refractivity contribution >= 4 is 11.9 Å². The molecule has 0 aromatic carbocycles. The minimum atomic E-state index is -0.740. The van der Waals surface area contributed by atoms with Crippen LogP contribution in [0.25, 0.3) is 0 Å². The van der Waals surface area contributed by atoms with Crippen molar-refractivity contribution in [3.63, 3.8) is 0 Å². The fourth-order valence-corrected chi connectivity index (χ4v) is 1.26. The predicted molar refractivity (Wildman–Crippen MR) is 57.9 cm³/mol. The van der Waals surface area contributed by atoms with Crippen LogP contribution in [-0.2, 0) is 20.9 Å². The number of aromatic nitrogens is 2. The van der Waals surface area contributed by atoms with Crippen LogP contribution < -0.4 is 0 Å². The van der Waals surface area contributed by atoms with Crippen LogP contribution in [0.15, 0.2) is 6.33 Å². The summed E-state index contributed by atoms with van der Waals surface area (Å²) in [5.41, 5.74) is -0.195. The molecule has 1 rings (SSSR count). The van der Waals surface area contributed by atoms with Gasteiger partial charge in [-0.25, -0.2) is 14.6 Å². The number of carbonyl (C=O) groups excluding carboxylic acids is 2. The molecule has 18 heavy (non-hydrogen) atoms. The molecule has 0 atom stereocenters. The molecule has 0 saturated carbocycles. The Hall–Kier alpha value is -1.93. The van der Waals surface area contributed by atoms with E-state index in [0.29, 0.717) is 0 Å². The average Bonchev–Trinajstić information content (AvgIpc) is 2.81. The normalized spacial score (nSPS) is 10.2. The fraction of sp³-hybridized carbons (Fsp3) is 0.500. The Kier molecular flexibility index (Phi) is 5.28. The van der Waals surface area contributed by atoms with Gasteiger partial charge in [0.15, 0.2) is 11.4 Å². The zero-order valence-electron chi connectivity index (χ0n) is 10.1. The van der Waals surface area contributed by atoms with Crippen LogP contribution in [0.3, 0.4) is 0 Å². The molecule has 0 bridgehead atoms. The lowest BCUT2D eigenvalue weighted by atomic mass is 10.3. The Balaban J connectivity index is 2.99. The molecule has 8 nitrogen and oxygen atoms in total. The van der Waals surface area contributed by atoms with Gasteiger partial charge in [0.25, 0.3) is 0 Å². The van der Waals surface area contributed by atoms with Gasteiger partial charge in [0.05, 0.1) is 33.8 Å². The Morgan fingerprint density at radius 2 is 2.00 bits per heavy atom. The smallest absolute Gasteiger partial charge is 0.359 e. The van der Waals surface area contributed by atoms with Crippen LogP contribution in [-0.4, -0.2) is 54.0 Å². The highest BCUT2D eigenvalue weighted by Crippen LogP contribution is 2.11. The van der Waals surface area contributed by atoms with Crippen molar-refractivity contribution in [2.24, 2.45) is 0 Å². The van der Waals surface area contributed by atoms with Gasteiger partial charge >= 0.3 is 11.9 Å². The van der Waals surface area contributed by atoms with Gasteiger partial charge in [-0.05, 0) is 0 Å². The number of nitrogens with zero attached hydrogens (tertiary/aromatic N) is 2. The van der Waals surface area contributed by atoms with Gasteiger partial charge in [0.1, 0.15) is 6.73 Å². The van der Waals surface area contributed by atoms with Crippen molar-refractivity contribution in [1.82, 2.24) is 9.55 Å². The molecule has 0 spiro atoms. The summed E-state index contributed by atoms with van der Waals surface area (Å²) < 4.78 is 15.4. The molecule has 0 amide bonds. The summed E-state index contributed by atoms with van der Waals surface area (Å²) in [6, 6.07) is 0. The zero-order chi connectivity index (χ0) is 13.5. The number of aliphatic hydroxyl groups excluding tert-OH is 1. The first-order valence-corrected chi connectivity index (χ1v) is 5.06. The van der Waals surface area contributed by atoms with E-state index in [9.17, 15) is 9.59 Å². The third-order valence-electron chi connectivity index (χ3n) is 2.06. The monoisotopic (exact) mass is 258 g/mol. The molecule has 1 heterocycles. The first kappa shape index (κ1) is 14.1. The lowest BCUT2D eigenvalue weighted by Crippen LogP contribution is -2.17. The van der Waals surface area contributed by atoms with Gasteiger partial charge < -0.3 is 23.9 Å². The van der Waals surface area contributed by atoms with Crippen molar-refractivity contribution < 1.29 is 28.9 Å². The summed E-state index contributed by atoms with van der Waals surface area (Å²) in [5, 5.41) is 8.58. The lowest BCUT2D eigenvalue weighted by Gasteiger charge is -2.07. The molecule has 0 radical (unpaired) electrons. The number of carbonyl (C=O) groups is 2. The van der Waals surface area contributed by atoms with Crippen LogP contribution in [0.2, 0.25) is 0 Å². The van der Waals surface area contributed by atoms with Crippen LogP contribution in [0.4, 0.5) is 0 Å². The highest BCUT2D eigenvalue weighted by molar-refractivity contribution is 6.00. The maximum absolute atomic E-state index is 11.6. The molecule has 0 aliphatic carbocycles. The van der Waals surface area contributed by atoms with E-state index < -0.39 is 11.9 Å². The standard InChI is InChI=1S/C10H14N2O6/c1-16-9(14)7-8(10(15)17-2)12(5-11-7)6-18-4-3-13/h5,13H,3-4,6H2,1-2H3. The summed E-state index contributed by atoms with van der Waals surface area (Å²) in [7, 11) is 2.37. The SMILES string of the molecule is COC(=O)c1ncn(COCCO)c1C(=O)OC. The summed E-state index contributed by atoms with van der Waals surface area (Å²) in [5.74, 6) is -1.46. The minimum absolute atomic E-state index is 0.0328. The Morgan fingerprint density at radius 1 is 1.33 bits per heavy atom. The second-order valence-electron chi connectivity index (χ2n) is 3.16. The first-order valence-electron chi connectivity index (χ1n) is 5.06. The van der Waals surface area contributed by atoms with E-state index in [1.165, 1.54) is 25.1 Å². The lowest BCUT2D eigenvalue weighted by molar-refractivity contribution is 0.0401. The number of hydrogen-bond acceptors (Lipinski definition) is 7. The molecule has 100 valence electrons. The summed E-state index contributed by atoms with van der Waals surface area (Å²) in [6.07, 6.45) is 1.26. The van der Waals surface area contributed by atoms with E-state index >= 15 is 0 Å². The van der Waals surface area contributed by atoms with Gasteiger partial charge in [-0.3, -0.25) is 0 Å². The average molecular weight is 258 g/mol. The molecule has 0 saturated heterocycles. The van der Waals surface area contributed by atoms with Gasteiger partial charge in [-0.15, -0.1) is 0 Å².